The van der Waals surface area contributed by atoms with E-state index in [0.717, 1.165) is 25.2 Å². The molecular weight excluding hydrogens is 309 g/mol. The molecule has 7 heteroatoms. The van der Waals surface area contributed by atoms with Gasteiger partial charge in [0, 0.05) is 37.6 Å². The number of carbonyl (C=O) groups is 1. The van der Waals surface area contributed by atoms with E-state index in [-0.39, 0.29) is 17.8 Å². The number of nitrogens with one attached hydrogen (secondary N) is 1. The van der Waals surface area contributed by atoms with Gasteiger partial charge in [0.25, 0.3) is 5.91 Å². The van der Waals surface area contributed by atoms with Gasteiger partial charge in [-0.05, 0) is 36.8 Å². The fourth-order valence-corrected chi connectivity index (χ4v) is 2.93. The van der Waals surface area contributed by atoms with Crippen molar-refractivity contribution in [3.8, 4) is 5.69 Å². The van der Waals surface area contributed by atoms with Gasteiger partial charge in [-0.3, -0.25) is 4.79 Å². The summed E-state index contributed by atoms with van der Waals surface area (Å²) in [5, 5.41) is 7.29. The molecule has 0 saturated heterocycles. The van der Waals surface area contributed by atoms with E-state index in [4.69, 9.17) is 0 Å². The van der Waals surface area contributed by atoms with Gasteiger partial charge in [-0.1, -0.05) is 0 Å². The monoisotopic (exact) mass is 325 g/mol. The number of benzene rings is 1. The third kappa shape index (κ3) is 2.80. The molecule has 0 saturated carbocycles. The minimum atomic E-state index is -0.306. The Hall–Kier alpha value is -2.96. The van der Waals surface area contributed by atoms with Crippen molar-refractivity contribution in [2.45, 2.75) is 25.4 Å². The summed E-state index contributed by atoms with van der Waals surface area (Å²) in [6, 6.07) is 7.68. The molecule has 122 valence electrons. The molecule has 1 atom stereocenters. The van der Waals surface area contributed by atoms with E-state index in [2.05, 4.69) is 20.0 Å². The predicted octanol–water partition coefficient (Wildman–Crippen LogP) is 1.95. The van der Waals surface area contributed by atoms with Gasteiger partial charge in [0.15, 0.2) is 5.69 Å². The van der Waals surface area contributed by atoms with Crippen LogP contribution in [0.15, 0.2) is 48.9 Å². The van der Waals surface area contributed by atoms with Crippen molar-refractivity contribution in [3.63, 3.8) is 0 Å². The van der Waals surface area contributed by atoms with Crippen LogP contribution in [-0.4, -0.2) is 31.3 Å². The SMILES string of the molecule is O=C(N[C@@H]1CCc2nccn2C1)c1ccn(-c2ccc(F)cc2)n1. The van der Waals surface area contributed by atoms with Gasteiger partial charge in [0.05, 0.1) is 5.69 Å². The summed E-state index contributed by atoms with van der Waals surface area (Å²) >= 11 is 0. The van der Waals surface area contributed by atoms with Crippen LogP contribution >= 0.6 is 0 Å². The van der Waals surface area contributed by atoms with Crippen LogP contribution in [0, 0.1) is 5.82 Å². The highest BCUT2D eigenvalue weighted by molar-refractivity contribution is 5.92. The van der Waals surface area contributed by atoms with Gasteiger partial charge >= 0.3 is 0 Å². The zero-order chi connectivity index (χ0) is 16.5. The van der Waals surface area contributed by atoms with Crippen molar-refractivity contribution >= 4 is 5.91 Å². The number of amides is 1. The molecular formula is C17H16FN5O. The van der Waals surface area contributed by atoms with E-state index in [9.17, 15) is 9.18 Å². The highest BCUT2D eigenvalue weighted by Crippen LogP contribution is 2.14. The molecule has 3 heterocycles. The van der Waals surface area contributed by atoms with Crippen LogP contribution in [0.5, 0.6) is 0 Å². The van der Waals surface area contributed by atoms with Crippen LogP contribution in [0.4, 0.5) is 4.39 Å². The number of fused-ring (bicyclic) bond motifs is 1. The summed E-state index contributed by atoms with van der Waals surface area (Å²) in [5.41, 5.74) is 1.05. The summed E-state index contributed by atoms with van der Waals surface area (Å²) in [4.78, 5) is 16.7. The molecule has 0 radical (unpaired) electrons. The van der Waals surface area contributed by atoms with Gasteiger partial charge < -0.3 is 9.88 Å². The molecule has 0 unspecified atom stereocenters. The Morgan fingerprint density at radius 2 is 2.04 bits per heavy atom. The summed E-state index contributed by atoms with van der Waals surface area (Å²) < 4.78 is 16.6. The molecule has 3 aromatic rings. The standard InChI is InChI=1S/C17H16FN5O/c18-12-1-4-14(5-2-12)23-9-7-15(21-23)17(24)20-13-3-6-16-19-8-10-22(16)11-13/h1-2,4-5,7-10,13H,3,6,11H2,(H,20,24)/t13-/m1/s1. The number of halogens is 1. The Bertz CT molecular complexity index is 867. The molecule has 1 aliphatic heterocycles. The zero-order valence-electron chi connectivity index (χ0n) is 12.9. The van der Waals surface area contributed by atoms with Gasteiger partial charge in [-0.2, -0.15) is 5.10 Å². The third-order valence-corrected chi connectivity index (χ3v) is 4.18. The minimum Gasteiger partial charge on any atom is -0.346 e. The maximum atomic E-state index is 13.0. The number of aryl methyl sites for hydroxylation is 1. The van der Waals surface area contributed by atoms with E-state index in [1.54, 1.807) is 35.3 Å². The Kier molecular flexibility index (Phi) is 3.60. The van der Waals surface area contributed by atoms with Crippen molar-refractivity contribution < 1.29 is 9.18 Å². The van der Waals surface area contributed by atoms with Crippen LogP contribution < -0.4 is 5.32 Å². The number of aromatic nitrogens is 4. The van der Waals surface area contributed by atoms with Gasteiger partial charge in [-0.15, -0.1) is 0 Å². The Balaban J connectivity index is 1.45. The van der Waals surface area contributed by atoms with E-state index < -0.39 is 0 Å². The fourth-order valence-electron chi connectivity index (χ4n) is 2.93. The topological polar surface area (TPSA) is 64.7 Å². The van der Waals surface area contributed by atoms with Crippen molar-refractivity contribution in [1.29, 1.82) is 0 Å². The summed E-state index contributed by atoms with van der Waals surface area (Å²) in [6.45, 7) is 0.722. The lowest BCUT2D eigenvalue weighted by molar-refractivity contribution is 0.0922. The first-order valence-electron chi connectivity index (χ1n) is 7.81. The van der Waals surface area contributed by atoms with Gasteiger partial charge in [0.2, 0.25) is 0 Å². The molecule has 1 N–H and O–H groups in total. The lowest BCUT2D eigenvalue weighted by Gasteiger charge is -2.24. The molecule has 1 amide bonds. The quantitative estimate of drug-likeness (QED) is 0.800. The third-order valence-electron chi connectivity index (χ3n) is 4.18. The number of hydrogen-bond acceptors (Lipinski definition) is 3. The van der Waals surface area contributed by atoms with Crippen molar-refractivity contribution in [3.05, 3.63) is 66.3 Å². The number of rotatable bonds is 3. The average molecular weight is 325 g/mol. The number of imidazole rings is 1. The molecule has 6 nitrogen and oxygen atoms in total. The van der Waals surface area contributed by atoms with Crippen LogP contribution in [0.25, 0.3) is 5.69 Å². The highest BCUT2D eigenvalue weighted by Gasteiger charge is 2.21. The second kappa shape index (κ2) is 5.92. The number of nitrogens with zero attached hydrogens (tertiary/aromatic N) is 4. The lowest BCUT2D eigenvalue weighted by Crippen LogP contribution is -2.41. The first-order valence-corrected chi connectivity index (χ1v) is 7.81. The molecule has 0 spiro atoms. The highest BCUT2D eigenvalue weighted by atomic mass is 19.1. The average Bonchev–Trinajstić information content (AvgIpc) is 3.24. The summed E-state index contributed by atoms with van der Waals surface area (Å²) in [6.07, 6.45) is 7.11. The molecule has 1 aliphatic rings. The number of hydrogen-bond donors (Lipinski definition) is 1. The van der Waals surface area contributed by atoms with Crippen molar-refractivity contribution in [2.75, 3.05) is 0 Å². The van der Waals surface area contributed by atoms with Crippen LogP contribution in [0.2, 0.25) is 0 Å². The molecule has 24 heavy (non-hydrogen) atoms. The molecule has 0 bridgehead atoms. The fraction of sp³-hybridized carbons (Fsp3) is 0.235. The van der Waals surface area contributed by atoms with Crippen molar-refractivity contribution in [1.82, 2.24) is 24.6 Å². The Labute approximate surface area is 137 Å². The normalized spacial score (nSPS) is 16.6. The summed E-state index contributed by atoms with van der Waals surface area (Å²) in [5.74, 6) is 0.547. The first kappa shape index (κ1) is 14.6. The van der Waals surface area contributed by atoms with Crippen molar-refractivity contribution in [2.24, 2.45) is 0 Å². The first-order chi connectivity index (χ1) is 11.7. The maximum Gasteiger partial charge on any atom is 0.272 e. The molecule has 4 rings (SSSR count). The largest absolute Gasteiger partial charge is 0.346 e. The van der Waals surface area contributed by atoms with Crippen LogP contribution in [0.3, 0.4) is 0 Å². The Morgan fingerprint density at radius 1 is 1.21 bits per heavy atom. The van der Waals surface area contributed by atoms with E-state index in [1.165, 1.54) is 12.1 Å². The molecule has 2 aromatic heterocycles. The van der Waals surface area contributed by atoms with Crippen LogP contribution in [-0.2, 0) is 13.0 Å². The molecule has 1 aromatic carbocycles. The predicted molar refractivity (Wildman–Crippen MR) is 85.3 cm³/mol. The number of carbonyl (C=O) groups excluding carboxylic acids is 1. The second-order valence-electron chi connectivity index (χ2n) is 5.83. The second-order valence-corrected chi connectivity index (χ2v) is 5.83. The Morgan fingerprint density at radius 3 is 2.88 bits per heavy atom. The van der Waals surface area contributed by atoms with Gasteiger partial charge in [-0.25, -0.2) is 14.1 Å². The minimum absolute atomic E-state index is 0.0650. The smallest absolute Gasteiger partial charge is 0.272 e. The summed E-state index contributed by atoms with van der Waals surface area (Å²) in [7, 11) is 0. The van der Waals surface area contributed by atoms with E-state index >= 15 is 0 Å². The van der Waals surface area contributed by atoms with E-state index in [1.807, 2.05) is 6.20 Å². The zero-order valence-corrected chi connectivity index (χ0v) is 12.9. The van der Waals surface area contributed by atoms with Crippen LogP contribution in [0.1, 0.15) is 22.7 Å². The molecule has 0 fully saturated rings. The van der Waals surface area contributed by atoms with Gasteiger partial charge in [0.1, 0.15) is 11.6 Å². The molecule has 0 aliphatic carbocycles. The lowest BCUT2D eigenvalue weighted by atomic mass is 10.1. The van der Waals surface area contributed by atoms with E-state index in [0.29, 0.717) is 11.4 Å². The maximum absolute atomic E-state index is 13.0.